The lowest BCUT2D eigenvalue weighted by molar-refractivity contribution is 0.135. The first-order valence-corrected chi connectivity index (χ1v) is 7.63. The van der Waals surface area contributed by atoms with Crippen LogP contribution >= 0.6 is 0 Å². The van der Waals surface area contributed by atoms with E-state index < -0.39 is 0 Å². The fraction of sp³-hybridized carbons (Fsp3) is 0.647. The molecule has 1 atom stereocenters. The highest BCUT2D eigenvalue weighted by atomic mass is 16.5. The summed E-state index contributed by atoms with van der Waals surface area (Å²) < 4.78 is 5.22. The third-order valence-corrected chi connectivity index (χ3v) is 3.87. The minimum absolute atomic E-state index is 0.126. The summed E-state index contributed by atoms with van der Waals surface area (Å²) in [4.78, 5) is 2.47. The number of hydrogen-bond donors (Lipinski definition) is 1. The molecule has 0 radical (unpaired) electrons. The van der Waals surface area contributed by atoms with Crippen molar-refractivity contribution in [1.82, 2.24) is 10.2 Å². The molecule has 1 rings (SSSR count). The Labute approximate surface area is 124 Å². The van der Waals surface area contributed by atoms with Gasteiger partial charge < -0.3 is 15.0 Å². The van der Waals surface area contributed by atoms with E-state index in [1.54, 1.807) is 7.11 Å². The number of ether oxygens (including phenoxy) is 1. The number of methoxy groups -OCH3 is 1. The molecule has 3 heteroatoms. The van der Waals surface area contributed by atoms with Crippen molar-refractivity contribution in [1.29, 1.82) is 0 Å². The molecule has 1 N–H and O–H groups in total. The van der Waals surface area contributed by atoms with Crippen LogP contribution < -0.4 is 5.32 Å². The molecule has 114 valence electrons. The van der Waals surface area contributed by atoms with Gasteiger partial charge in [0.1, 0.15) is 0 Å². The maximum absolute atomic E-state index is 5.22. The number of hydrogen-bond acceptors (Lipinski definition) is 3. The molecule has 0 fully saturated rings. The van der Waals surface area contributed by atoms with Crippen molar-refractivity contribution in [2.75, 3.05) is 46.4 Å². The lowest BCUT2D eigenvalue weighted by atomic mass is 9.81. The molecule has 0 aromatic heterocycles. The Morgan fingerprint density at radius 2 is 1.90 bits per heavy atom. The van der Waals surface area contributed by atoms with Crippen LogP contribution in [0, 0.1) is 0 Å². The molecule has 0 spiro atoms. The van der Waals surface area contributed by atoms with Crippen LogP contribution in [-0.4, -0.2) is 51.3 Å². The molecular weight excluding hydrogens is 248 g/mol. The first kappa shape index (κ1) is 17.2. The minimum Gasteiger partial charge on any atom is -0.383 e. The van der Waals surface area contributed by atoms with Crippen LogP contribution in [0.3, 0.4) is 0 Å². The maximum Gasteiger partial charge on any atom is 0.0589 e. The van der Waals surface area contributed by atoms with E-state index in [-0.39, 0.29) is 5.41 Å². The third-order valence-electron chi connectivity index (χ3n) is 3.87. The number of benzene rings is 1. The summed E-state index contributed by atoms with van der Waals surface area (Å²) in [5.74, 6) is 0. The van der Waals surface area contributed by atoms with Gasteiger partial charge in [-0.25, -0.2) is 0 Å². The number of likely N-dealkylation sites (N-methyl/N-ethyl adjacent to an activating group) is 2. The van der Waals surface area contributed by atoms with E-state index in [0.29, 0.717) is 0 Å². The highest BCUT2D eigenvalue weighted by Crippen LogP contribution is 2.24. The monoisotopic (exact) mass is 278 g/mol. The van der Waals surface area contributed by atoms with Gasteiger partial charge in [-0.3, -0.25) is 0 Å². The number of rotatable bonds is 10. The van der Waals surface area contributed by atoms with Gasteiger partial charge in [0.25, 0.3) is 0 Å². The largest absolute Gasteiger partial charge is 0.383 e. The minimum atomic E-state index is 0.126. The van der Waals surface area contributed by atoms with Crippen LogP contribution in [0.5, 0.6) is 0 Å². The summed E-state index contributed by atoms with van der Waals surface area (Å²) in [5, 5.41) is 3.51. The summed E-state index contributed by atoms with van der Waals surface area (Å²) in [7, 11) is 1.77. The van der Waals surface area contributed by atoms with Gasteiger partial charge >= 0.3 is 0 Å². The summed E-state index contributed by atoms with van der Waals surface area (Å²) >= 11 is 0. The van der Waals surface area contributed by atoms with Gasteiger partial charge in [-0.05, 0) is 18.7 Å². The Hall–Kier alpha value is -0.900. The molecule has 0 heterocycles. The van der Waals surface area contributed by atoms with Crippen LogP contribution in [0.25, 0.3) is 0 Å². The summed E-state index contributed by atoms with van der Waals surface area (Å²) in [6.07, 6.45) is 0. The van der Waals surface area contributed by atoms with E-state index >= 15 is 0 Å². The summed E-state index contributed by atoms with van der Waals surface area (Å²) in [6.45, 7) is 12.6. The highest BCUT2D eigenvalue weighted by Gasteiger charge is 2.28. The zero-order valence-corrected chi connectivity index (χ0v) is 13.5. The van der Waals surface area contributed by atoms with E-state index in [9.17, 15) is 0 Å². The fourth-order valence-electron chi connectivity index (χ4n) is 2.55. The van der Waals surface area contributed by atoms with Gasteiger partial charge in [0.15, 0.2) is 0 Å². The van der Waals surface area contributed by atoms with Crippen molar-refractivity contribution in [2.24, 2.45) is 0 Å². The molecule has 0 amide bonds. The maximum atomic E-state index is 5.22. The average Bonchev–Trinajstić information content (AvgIpc) is 2.50. The van der Waals surface area contributed by atoms with Crippen molar-refractivity contribution in [3.8, 4) is 0 Å². The van der Waals surface area contributed by atoms with E-state index in [2.05, 4.69) is 61.3 Å². The molecule has 0 aliphatic carbocycles. The molecule has 0 saturated carbocycles. The zero-order chi connectivity index (χ0) is 14.8. The molecule has 1 unspecified atom stereocenters. The topological polar surface area (TPSA) is 24.5 Å². The summed E-state index contributed by atoms with van der Waals surface area (Å²) in [6, 6.07) is 10.8. The normalized spacial score (nSPS) is 14.4. The van der Waals surface area contributed by atoms with Gasteiger partial charge in [-0.2, -0.15) is 0 Å². The average molecular weight is 278 g/mol. The van der Waals surface area contributed by atoms with Crippen molar-refractivity contribution < 1.29 is 4.74 Å². The van der Waals surface area contributed by atoms with Crippen molar-refractivity contribution >= 4 is 0 Å². The molecule has 1 aromatic carbocycles. The van der Waals surface area contributed by atoms with Crippen LogP contribution in [0.15, 0.2) is 30.3 Å². The number of nitrogens with one attached hydrogen (secondary N) is 1. The standard InChI is InChI=1S/C17H30N2O/c1-5-18-14-17(3,16-10-8-7-9-11-16)15-19(6-2)12-13-20-4/h7-11,18H,5-6,12-15H2,1-4H3. The Balaban J connectivity index is 2.82. The number of nitrogens with zero attached hydrogens (tertiary/aromatic N) is 1. The molecule has 20 heavy (non-hydrogen) atoms. The molecule has 0 bridgehead atoms. The van der Waals surface area contributed by atoms with Crippen LogP contribution in [0.1, 0.15) is 26.3 Å². The molecule has 0 aliphatic heterocycles. The lowest BCUT2D eigenvalue weighted by Crippen LogP contribution is -2.46. The predicted molar refractivity (Wildman–Crippen MR) is 86.3 cm³/mol. The molecule has 0 aliphatic rings. The van der Waals surface area contributed by atoms with Crippen LogP contribution in [0.2, 0.25) is 0 Å². The first-order chi connectivity index (χ1) is 9.66. The molecular formula is C17H30N2O. The van der Waals surface area contributed by atoms with E-state index in [4.69, 9.17) is 4.74 Å². The van der Waals surface area contributed by atoms with Gasteiger partial charge in [0, 0.05) is 32.2 Å². The fourth-order valence-corrected chi connectivity index (χ4v) is 2.55. The van der Waals surface area contributed by atoms with Gasteiger partial charge in [0.2, 0.25) is 0 Å². The molecule has 0 saturated heterocycles. The van der Waals surface area contributed by atoms with Crippen molar-refractivity contribution in [3.05, 3.63) is 35.9 Å². The highest BCUT2D eigenvalue weighted by molar-refractivity contribution is 5.25. The smallest absolute Gasteiger partial charge is 0.0589 e. The molecule has 3 nitrogen and oxygen atoms in total. The van der Waals surface area contributed by atoms with E-state index in [0.717, 1.165) is 39.3 Å². The second kappa shape index (κ2) is 9.11. The Morgan fingerprint density at radius 3 is 2.45 bits per heavy atom. The van der Waals surface area contributed by atoms with Gasteiger partial charge in [-0.15, -0.1) is 0 Å². The van der Waals surface area contributed by atoms with Crippen molar-refractivity contribution in [3.63, 3.8) is 0 Å². The predicted octanol–water partition coefficient (Wildman–Crippen LogP) is 2.52. The Kier molecular flexibility index (Phi) is 7.82. The van der Waals surface area contributed by atoms with Gasteiger partial charge in [0.05, 0.1) is 6.61 Å². The Bertz CT molecular complexity index is 355. The second-order valence-corrected chi connectivity index (χ2v) is 5.57. The van der Waals surface area contributed by atoms with Gasteiger partial charge in [-0.1, -0.05) is 51.1 Å². The third kappa shape index (κ3) is 5.23. The SMILES string of the molecule is CCNCC(C)(CN(CC)CCOC)c1ccccc1. The zero-order valence-electron chi connectivity index (χ0n) is 13.5. The quantitative estimate of drug-likeness (QED) is 0.712. The van der Waals surface area contributed by atoms with E-state index in [1.807, 2.05) is 0 Å². The van der Waals surface area contributed by atoms with Crippen LogP contribution in [-0.2, 0) is 10.2 Å². The van der Waals surface area contributed by atoms with Crippen molar-refractivity contribution in [2.45, 2.75) is 26.2 Å². The Morgan fingerprint density at radius 1 is 1.20 bits per heavy atom. The van der Waals surface area contributed by atoms with Crippen LogP contribution in [0.4, 0.5) is 0 Å². The first-order valence-electron chi connectivity index (χ1n) is 7.63. The second-order valence-electron chi connectivity index (χ2n) is 5.57. The lowest BCUT2D eigenvalue weighted by Gasteiger charge is -2.36. The summed E-state index contributed by atoms with van der Waals surface area (Å²) in [5.41, 5.74) is 1.53. The van der Waals surface area contributed by atoms with E-state index in [1.165, 1.54) is 5.56 Å². The molecule has 1 aromatic rings.